The highest BCUT2D eigenvalue weighted by atomic mass is 16.5. The van der Waals surface area contributed by atoms with Gasteiger partial charge in [-0.1, -0.05) is 0 Å². The van der Waals surface area contributed by atoms with Crippen molar-refractivity contribution in [2.75, 3.05) is 5.32 Å². The van der Waals surface area contributed by atoms with Gasteiger partial charge in [0.05, 0.1) is 0 Å². The van der Waals surface area contributed by atoms with Gasteiger partial charge in [0.25, 0.3) is 0 Å². The van der Waals surface area contributed by atoms with Crippen molar-refractivity contribution in [3.63, 3.8) is 0 Å². The maximum atomic E-state index is 11.4. The standard InChI is InChI=1S/C13H17N2O3/c1-9(14)3-8-13(17)18-12-6-4-11(5-7-12)15-10(2)16/h4-7,9H,1,3,8,14H2,2H3,(H,15,16)/q-1/p+1. The van der Waals surface area contributed by atoms with E-state index in [0.717, 1.165) is 0 Å². The Kier molecular flexibility index (Phi) is 5.32. The van der Waals surface area contributed by atoms with Crippen molar-refractivity contribution in [1.82, 2.24) is 0 Å². The van der Waals surface area contributed by atoms with Crippen LogP contribution in [0.25, 0.3) is 0 Å². The molecule has 0 aliphatic rings. The number of carbonyl (C=O) groups is 2. The summed E-state index contributed by atoms with van der Waals surface area (Å²) in [6.45, 7) is 5.13. The number of hydrogen-bond acceptors (Lipinski definition) is 3. The van der Waals surface area contributed by atoms with Gasteiger partial charge in [-0.25, -0.2) is 0 Å². The molecule has 1 unspecified atom stereocenters. The molecule has 1 atom stereocenters. The van der Waals surface area contributed by atoms with Crippen LogP contribution >= 0.6 is 0 Å². The lowest BCUT2D eigenvalue weighted by molar-refractivity contribution is -0.405. The molecule has 0 fully saturated rings. The van der Waals surface area contributed by atoms with Gasteiger partial charge in [-0.15, -0.1) is 0 Å². The van der Waals surface area contributed by atoms with Crippen LogP contribution in [0.1, 0.15) is 19.8 Å². The number of quaternary nitrogens is 1. The summed E-state index contributed by atoms with van der Waals surface area (Å²) in [5.74, 6) is 0.00929. The van der Waals surface area contributed by atoms with E-state index in [2.05, 4.69) is 18.0 Å². The van der Waals surface area contributed by atoms with Crippen LogP contribution in [0, 0.1) is 6.92 Å². The molecule has 0 aromatic heterocycles. The summed E-state index contributed by atoms with van der Waals surface area (Å²) in [5, 5.41) is 2.63. The second kappa shape index (κ2) is 6.76. The number of benzene rings is 1. The fraction of sp³-hybridized carbons (Fsp3) is 0.308. The Morgan fingerprint density at radius 2 is 2.00 bits per heavy atom. The number of carbonyl (C=O) groups excluding carboxylic acids is 2. The molecule has 18 heavy (non-hydrogen) atoms. The van der Waals surface area contributed by atoms with Gasteiger partial charge in [-0.3, -0.25) is 16.5 Å². The monoisotopic (exact) mass is 250 g/mol. The topological polar surface area (TPSA) is 83.0 Å². The molecular formula is C13H18N2O3. The Labute approximate surface area is 106 Å². The first kappa shape index (κ1) is 14.2. The van der Waals surface area contributed by atoms with E-state index in [9.17, 15) is 9.59 Å². The van der Waals surface area contributed by atoms with Crippen LogP contribution in [-0.4, -0.2) is 17.9 Å². The molecule has 0 radical (unpaired) electrons. The van der Waals surface area contributed by atoms with E-state index in [0.29, 0.717) is 24.3 Å². The molecule has 0 aliphatic carbocycles. The van der Waals surface area contributed by atoms with E-state index in [-0.39, 0.29) is 17.9 Å². The largest absolute Gasteiger partial charge is 0.427 e. The van der Waals surface area contributed by atoms with Gasteiger partial charge < -0.3 is 15.8 Å². The van der Waals surface area contributed by atoms with Gasteiger partial charge in [-0.05, 0) is 36.7 Å². The van der Waals surface area contributed by atoms with Gasteiger partial charge in [0.15, 0.2) is 0 Å². The summed E-state index contributed by atoms with van der Waals surface area (Å²) in [6, 6.07) is 6.61. The molecule has 1 aromatic rings. The van der Waals surface area contributed by atoms with Gasteiger partial charge >= 0.3 is 5.97 Å². The third kappa shape index (κ3) is 5.45. The number of ether oxygens (including phenoxy) is 1. The first-order valence-electron chi connectivity index (χ1n) is 5.72. The van der Waals surface area contributed by atoms with Crippen molar-refractivity contribution in [1.29, 1.82) is 0 Å². The number of rotatable bonds is 5. The molecule has 0 saturated heterocycles. The lowest BCUT2D eigenvalue weighted by Gasteiger charge is -2.08. The fourth-order valence-corrected chi connectivity index (χ4v) is 1.31. The van der Waals surface area contributed by atoms with Gasteiger partial charge in [-0.2, -0.15) is 0 Å². The molecule has 4 N–H and O–H groups in total. The van der Waals surface area contributed by atoms with Crippen molar-refractivity contribution in [2.45, 2.75) is 25.8 Å². The maximum absolute atomic E-state index is 11.4. The van der Waals surface area contributed by atoms with E-state index >= 15 is 0 Å². The normalized spacial score (nSPS) is 11.7. The zero-order valence-corrected chi connectivity index (χ0v) is 10.4. The number of amides is 1. The molecule has 0 heterocycles. The van der Waals surface area contributed by atoms with E-state index in [1.165, 1.54) is 6.92 Å². The van der Waals surface area contributed by atoms with E-state index < -0.39 is 0 Å². The average molecular weight is 250 g/mol. The number of esters is 1. The zero-order chi connectivity index (χ0) is 13.5. The maximum Gasteiger partial charge on any atom is 0.311 e. The Morgan fingerprint density at radius 3 is 2.50 bits per heavy atom. The van der Waals surface area contributed by atoms with Crippen molar-refractivity contribution in [3.05, 3.63) is 31.2 Å². The predicted octanol–water partition coefficient (Wildman–Crippen LogP) is 0.775. The van der Waals surface area contributed by atoms with Gasteiger partial charge in [0.2, 0.25) is 5.91 Å². The molecular weight excluding hydrogens is 232 g/mol. The predicted molar refractivity (Wildman–Crippen MR) is 67.6 cm³/mol. The van der Waals surface area contributed by atoms with Crippen LogP contribution in [-0.2, 0) is 9.59 Å². The SMILES string of the molecule is [CH2-]C([NH3+])CCC(=O)Oc1ccc(NC(C)=O)cc1. The lowest BCUT2D eigenvalue weighted by atomic mass is 10.2. The highest BCUT2D eigenvalue weighted by molar-refractivity contribution is 5.88. The van der Waals surface area contributed by atoms with Crippen molar-refractivity contribution < 1.29 is 20.1 Å². The summed E-state index contributed by atoms with van der Waals surface area (Å²) in [4.78, 5) is 22.2. The minimum absolute atomic E-state index is 0.0142. The second-order valence-corrected chi connectivity index (χ2v) is 4.08. The number of nitrogens with one attached hydrogen (secondary N) is 1. The van der Waals surface area contributed by atoms with Gasteiger partial charge in [0.1, 0.15) is 5.75 Å². The molecule has 98 valence electrons. The smallest absolute Gasteiger partial charge is 0.311 e. The molecule has 1 rings (SSSR count). The summed E-state index contributed by atoms with van der Waals surface area (Å²) in [7, 11) is 0. The first-order chi connectivity index (χ1) is 8.47. The molecule has 0 spiro atoms. The molecule has 5 nitrogen and oxygen atoms in total. The van der Waals surface area contributed by atoms with Crippen molar-refractivity contribution >= 4 is 17.6 Å². The third-order valence-corrected chi connectivity index (χ3v) is 2.16. The van der Waals surface area contributed by atoms with Crippen LogP contribution in [0.15, 0.2) is 24.3 Å². The zero-order valence-electron chi connectivity index (χ0n) is 10.4. The van der Waals surface area contributed by atoms with Crippen LogP contribution in [0.4, 0.5) is 5.69 Å². The van der Waals surface area contributed by atoms with E-state index in [1.54, 1.807) is 24.3 Å². The Bertz CT molecular complexity index is 413. The summed E-state index contributed by atoms with van der Waals surface area (Å²) >= 11 is 0. The number of hydrogen-bond donors (Lipinski definition) is 2. The quantitative estimate of drug-likeness (QED) is 0.460. The van der Waals surface area contributed by atoms with Crippen LogP contribution in [0.2, 0.25) is 0 Å². The van der Waals surface area contributed by atoms with Crippen molar-refractivity contribution in [2.24, 2.45) is 0 Å². The minimum atomic E-state index is -0.306. The van der Waals surface area contributed by atoms with E-state index in [4.69, 9.17) is 4.74 Å². The molecule has 5 heteroatoms. The Balaban J connectivity index is 2.48. The van der Waals surface area contributed by atoms with Crippen LogP contribution in [0.3, 0.4) is 0 Å². The second-order valence-electron chi connectivity index (χ2n) is 4.08. The van der Waals surface area contributed by atoms with E-state index in [1.807, 2.05) is 0 Å². The molecule has 1 aromatic carbocycles. The minimum Gasteiger partial charge on any atom is -0.427 e. The van der Waals surface area contributed by atoms with Crippen LogP contribution in [0.5, 0.6) is 5.75 Å². The highest BCUT2D eigenvalue weighted by Crippen LogP contribution is 2.16. The number of anilines is 1. The highest BCUT2D eigenvalue weighted by Gasteiger charge is 2.06. The first-order valence-corrected chi connectivity index (χ1v) is 5.72. The summed E-state index contributed by atoms with van der Waals surface area (Å²) in [5.41, 5.74) is 4.36. The van der Waals surface area contributed by atoms with Crippen molar-refractivity contribution in [3.8, 4) is 5.75 Å². The summed E-state index contributed by atoms with van der Waals surface area (Å²) < 4.78 is 5.12. The molecule has 0 aliphatic heterocycles. The Hall–Kier alpha value is -1.88. The van der Waals surface area contributed by atoms with Gasteiger partial charge in [0, 0.05) is 19.0 Å². The van der Waals surface area contributed by atoms with Crippen LogP contribution < -0.4 is 15.8 Å². The molecule has 0 bridgehead atoms. The Morgan fingerprint density at radius 1 is 1.39 bits per heavy atom. The molecule has 0 saturated carbocycles. The summed E-state index contributed by atoms with van der Waals surface area (Å²) in [6.07, 6.45) is 0.897. The lowest BCUT2D eigenvalue weighted by Crippen LogP contribution is -2.59. The third-order valence-electron chi connectivity index (χ3n) is 2.16. The molecule has 1 amide bonds. The fourth-order valence-electron chi connectivity index (χ4n) is 1.31. The average Bonchev–Trinajstić information content (AvgIpc) is 2.28.